The molecule has 0 unspecified atom stereocenters. The van der Waals surface area contributed by atoms with Gasteiger partial charge >= 0.3 is 0 Å². The topological polar surface area (TPSA) is 33.1 Å². The first-order chi connectivity index (χ1) is 16.4. The zero-order chi connectivity index (χ0) is 23.8. The zero-order valence-corrected chi connectivity index (χ0v) is 20.9. The van der Waals surface area contributed by atoms with Gasteiger partial charge in [0.15, 0.2) is 5.11 Å². The maximum absolute atomic E-state index is 5.92. The molecule has 4 nitrogen and oxygen atoms in total. The van der Waals surface area contributed by atoms with Gasteiger partial charge in [0.1, 0.15) is 0 Å². The minimum atomic E-state index is -0.0408. The Hall–Kier alpha value is -3.44. The molecule has 172 valence electrons. The molecule has 1 fully saturated rings. The van der Waals surface area contributed by atoms with E-state index in [4.69, 9.17) is 17.2 Å². The second-order valence-corrected chi connectivity index (χ2v) is 9.55. The lowest BCUT2D eigenvalue weighted by molar-refractivity contribution is 0.563. The van der Waals surface area contributed by atoms with Gasteiger partial charge in [-0.3, -0.25) is 4.98 Å². The number of hydrogen-bond acceptors (Lipinski definition) is 2. The largest absolute Gasteiger partial charge is 0.351 e. The van der Waals surface area contributed by atoms with Gasteiger partial charge < -0.3 is 14.8 Å². The van der Waals surface area contributed by atoms with Gasteiger partial charge in [-0.05, 0) is 92.5 Å². The Morgan fingerprint density at radius 1 is 0.882 bits per heavy atom. The summed E-state index contributed by atoms with van der Waals surface area (Å²) in [5.74, 6) is 0. The summed E-state index contributed by atoms with van der Waals surface area (Å²) in [5.41, 5.74) is 9.71. The van der Waals surface area contributed by atoms with Crippen molar-refractivity contribution in [3.8, 4) is 0 Å². The molecule has 5 rings (SSSR count). The van der Waals surface area contributed by atoms with Crippen molar-refractivity contribution < 1.29 is 0 Å². The Morgan fingerprint density at radius 3 is 2.35 bits per heavy atom. The number of pyridine rings is 1. The van der Waals surface area contributed by atoms with E-state index in [1.807, 2.05) is 18.3 Å². The summed E-state index contributed by atoms with van der Waals surface area (Å²) in [4.78, 5) is 6.98. The van der Waals surface area contributed by atoms with E-state index in [-0.39, 0.29) is 12.1 Å². The van der Waals surface area contributed by atoms with Crippen molar-refractivity contribution in [1.29, 1.82) is 0 Å². The molecule has 4 aromatic rings. The Kier molecular flexibility index (Phi) is 5.96. The number of nitrogens with zero attached hydrogens (tertiary/aromatic N) is 3. The quantitative estimate of drug-likeness (QED) is 0.348. The Bertz CT molecular complexity index is 1330. The van der Waals surface area contributed by atoms with Gasteiger partial charge in [-0.1, -0.05) is 42.5 Å². The van der Waals surface area contributed by atoms with Crippen LogP contribution in [0.2, 0.25) is 0 Å². The lowest BCUT2D eigenvalue weighted by Crippen LogP contribution is -2.29. The number of benzene rings is 2. The van der Waals surface area contributed by atoms with Gasteiger partial charge in [-0.25, -0.2) is 0 Å². The van der Waals surface area contributed by atoms with E-state index in [1.54, 1.807) is 0 Å². The van der Waals surface area contributed by atoms with E-state index in [2.05, 4.69) is 103 Å². The summed E-state index contributed by atoms with van der Waals surface area (Å²) in [5, 5.41) is 4.33. The fraction of sp³-hybridized carbons (Fsp3) is 0.241. The molecule has 34 heavy (non-hydrogen) atoms. The Balaban J connectivity index is 1.63. The number of thiocarbonyl (C=S) groups is 1. The maximum atomic E-state index is 5.92. The Labute approximate surface area is 207 Å². The van der Waals surface area contributed by atoms with Gasteiger partial charge in [-0.15, -0.1) is 0 Å². The van der Waals surface area contributed by atoms with Gasteiger partial charge in [-0.2, -0.15) is 0 Å². The minimum absolute atomic E-state index is 0.000212. The first kappa shape index (κ1) is 22.4. The lowest BCUT2D eigenvalue weighted by atomic mass is 9.96. The molecule has 2 aromatic carbocycles. The number of rotatable bonds is 5. The average Bonchev–Trinajstić information content (AvgIpc) is 3.33. The van der Waals surface area contributed by atoms with Crippen molar-refractivity contribution in [3.05, 3.63) is 118 Å². The van der Waals surface area contributed by atoms with Gasteiger partial charge in [0.25, 0.3) is 0 Å². The number of anilines is 1. The molecule has 1 N–H and O–H groups in total. The van der Waals surface area contributed by atoms with Crippen molar-refractivity contribution in [2.75, 3.05) is 4.90 Å². The maximum Gasteiger partial charge on any atom is 0.174 e. The molecule has 1 aliphatic heterocycles. The predicted octanol–water partition coefficient (Wildman–Crippen LogP) is 6.34. The van der Waals surface area contributed by atoms with E-state index in [1.165, 1.54) is 33.6 Å². The highest BCUT2D eigenvalue weighted by Crippen LogP contribution is 2.43. The number of nitrogens with one attached hydrogen (secondary N) is 1. The number of aromatic nitrogens is 2. The summed E-state index contributed by atoms with van der Waals surface area (Å²) < 4.78 is 2.40. The molecule has 0 radical (unpaired) electrons. The fourth-order valence-electron chi connectivity index (χ4n) is 4.96. The molecular formula is C29H30N4S. The zero-order valence-electron chi connectivity index (χ0n) is 20.1. The van der Waals surface area contributed by atoms with Gasteiger partial charge in [0, 0.05) is 29.8 Å². The molecule has 0 amide bonds. The highest BCUT2D eigenvalue weighted by molar-refractivity contribution is 7.80. The third-order valence-electron chi connectivity index (χ3n) is 6.98. The van der Waals surface area contributed by atoms with Gasteiger partial charge in [0.05, 0.1) is 17.8 Å². The van der Waals surface area contributed by atoms with Crippen LogP contribution in [0.3, 0.4) is 0 Å². The fourth-order valence-corrected chi connectivity index (χ4v) is 5.31. The molecule has 2 atom stereocenters. The minimum Gasteiger partial charge on any atom is -0.351 e. The molecule has 1 saturated heterocycles. The molecule has 0 spiro atoms. The van der Waals surface area contributed by atoms with Crippen molar-refractivity contribution >= 4 is 23.0 Å². The summed E-state index contributed by atoms with van der Waals surface area (Å²) in [6.45, 7) is 9.56. The van der Waals surface area contributed by atoms with E-state index in [0.29, 0.717) is 0 Å². The summed E-state index contributed by atoms with van der Waals surface area (Å²) in [7, 11) is 0. The molecular weight excluding hydrogens is 436 g/mol. The highest BCUT2D eigenvalue weighted by Gasteiger charge is 2.42. The monoisotopic (exact) mass is 466 g/mol. The van der Waals surface area contributed by atoms with Crippen LogP contribution in [-0.4, -0.2) is 14.7 Å². The third kappa shape index (κ3) is 4.01. The molecule has 0 saturated carbocycles. The van der Waals surface area contributed by atoms with Crippen molar-refractivity contribution in [1.82, 2.24) is 14.9 Å². The van der Waals surface area contributed by atoms with E-state index in [9.17, 15) is 0 Å². The Morgan fingerprint density at radius 2 is 1.65 bits per heavy atom. The second kappa shape index (κ2) is 9.07. The summed E-state index contributed by atoms with van der Waals surface area (Å²) in [6, 6.07) is 25.6. The van der Waals surface area contributed by atoms with Crippen LogP contribution in [0.1, 0.15) is 51.4 Å². The SMILES string of the molecule is Cc1ccc(N2C(=S)N[C@H](c3ccccn3)[C@@H]2c2cc(C)n(Cc3ccccc3)c2C)cc1C. The van der Waals surface area contributed by atoms with Crippen molar-refractivity contribution in [3.63, 3.8) is 0 Å². The number of aryl methyl sites for hydroxylation is 3. The highest BCUT2D eigenvalue weighted by atomic mass is 32.1. The van der Waals surface area contributed by atoms with E-state index >= 15 is 0 Å². The summed E-state index contributed by atoms with van der Waals surface area (Å²) >= 11 is 5.92. The van der Waals surface area contributed by atoms with E-state index in [0.717, 1.165) is 23.0 Å². The molecule has 0 aliphatic carbocycles. The van der Waals surface area contributed by atoms with Crippen LogP contribution < -0.4 is 10.2 Å². The number of hydrogen-bond donors (Lipinski definition) is 1. The average molecular weight is 467 g/mol. The van der Waals surface area contributed by atoms with Gasteiger partial charge in [0.2, 0.25) is 0 Å². The van der Waals surface area contributed by atoms with Crippen LogP contribution in [0, 0.1) is 27.7 Å². The van der Waals surface area contributed by atoms with Crippen molar-refractivity contribution in [2.24, 2.45) is 0 Å². The van der Waals surface area contributed by atoms with Crippen LogP contribution >= 0.6 is 12.2 Å². The third-order valence-corrected chi connectivity index (χ3v) is 7.30. The van der Waals surface area contributed by atoms with Crippen molar-refractivity contribution in [2.45, 2.75) is 46.3 Å². The lowest BCUT2D eigenvalue weighted by Gasteiger charge is -2.28. The first-order valence-electron chi connectivity index (χ1n) is 11.7. The summed E-state index contributed by atoms with van der Waals surface area (Å²) in [6.07, 6.45) is 1.86. The predicted molar refractivity (Wildman–Crippen MR) is 143 cm³/mol. The molecule has 3 heterocycles. The standard InChI is InChI=1S/C29H30N4S/c1-19-13-14-24(16-20(19)2)33-28(27(31-29(33)34)26-12-8-9-15-30-26)25-17-21(3)32(22(25)4)18-23-10-6-5-7-11-23/h5-17,27-28H,18H2,1-4H3,(H,31,34)/t27-,28+/m1/s1. The van der Waals surface area contributed by atoms with Crippen LogP contribution in [0.25, 0.3) is 0 Å². The smallest absolute Gasteiger partial charge is 0.174 e. The molecule has 5 heteroatoms. The molecule has 1 aliphatic rings. The first-order valence-corrected chi connectivity index (χ1v) is 12.1. The molecule has 2 aromatic heterocycles. The van der Waals surface area contributed by atoms with Crippen LogP contribution in [0.4, 0.5) is 5.69 Å². The normalized spacial score (nSPS) is 17.8. The van der Waals surface area contributed by atoms with E-state index < -0.39 is 0 Å². The van der Waals surface area contributed by atoms with Crippen LogP contribution in [0.15, 0.2) is 79.0 Å². The molecule has 0 bridgehead atoms. The second-order valence-electron chi connectivity index (χ2n) is 9.16. The van der Waals surface area contributed by atoms with Crippen LogP contribution in [0.5, 0.6) is 0 Å². The van der Waals surface area contributed by atoms with Crippen LogP contribution in [-0.2, 0) is 6.54 Å².